The summed E-state index contributed by atoms with van der Waals surface area (Å²) in [5, 5.41) is 0. The summed E-state index contributed by atoms with van der Waals surface area (Å²) in [7, 11) is 0. The van der Waals surface area contributed by atoms with E-state index in [1.165, 1.54) is 0 Å². The molecule has 0 bridgehead atoms. The second kappa shape index (κ2) is 4.83. The summed E-state index contributed by atoms with van der Waals surface area (Å²) in [5.74, 6) is 0.686. The van der Waals surface area contributed by atoms with Gasteiger partial charge in [-0.2, -0.15) is 0 Å². The fraction of sp³-hybridized carbons (Fsp3) is 0.286. The fourth-order valence-corrected chi connectivity index (χ4v) is 1.18. The highest BCUT2D eigenvalue weighted by Crippen LogP contribution is 2.14. The number of hydrogen-bond donors (Lipinski definition) is 0. The monoisotopic (exact) mass is 202 g/mol. The molecule has 0 aromatic heterocycles. The molecular weight excluding hydrogens is 184 g/mol. The lowest BCUT2D eigenvalue weighted by Gasteiger charge is -2.21. The number of rotatable bonds is 3. The van der Waals surface area contributed by atoms with Gasteiger partial charge in [-0.05, 0) is 32.4 Å². The Morgan fingerprint density at radius 3 is 2.33 bits per heavy atom. The molecule has 0 aliphatic heterocycles. The van der Waals surface area contributed by atoms with Gasteiger partial charge in [-0.3, -0.25) is 0 Å². The van der Waals surface area contributed by atoms with E-state index in [-0.39, 0.29) is 5.60 Å². The highest BCUT2D eigenvalue weighted by atomic mass is 16.5. The van der Waals surface area contributed by atoms with Gasteiger partial charge in [-0.1, -0.05) is 43.0 Å². The zero-order valence-corrected chi connectivity index (χ0v) is 9.66. The minimum atomic E-state index is -0.182. The maximum atomic E-state index is 5.58. The third kappa shape index (κ3) is 5.06. The summed E-state index contributed by atoms with van der Waals surface area (Å²) in [6, 6.07) is 10.1. The summed E-state index contributed by atoms with van der Waals surface area (Å²) in [6.07, 6.45) is 3.88. The molecule has 0 fully saturated rings. The van der Waals surface area contributed by atoms with Crippen molar-refractivity contribution in [3.05, 3.63) is 54.3 Å². The number of hydrogen-bond acceptors (Lipinski definition) is 1. The molecule has 0 amide bonds. The van der Waals surface area contributed by atoms with Gasteiger partial charge in [0.15, 0.2) is 0 Å². The summed E-state index contributed by atoms with van der Waals surface area (Å²) in [5.41, 5.74) is 0.967. The topological polar surface area (TPSA) is 9.23 Å². The molecule has 1 rings (SSSR count). The predicted molar refractivity (Wildman–Crippen MR) is 65.5 cm³/mol. The van der Waals surface area contributed by atoms with Crippen molar-refractivity contribution in [1.82, 2.24) is 0 Å². The van der Waals surface area contributed by atoms with Gasteiger partial charge in [0.1, 0.15) is 11.4 Å². The maximum absolute atomic E-state index is 5.58. The van der Waals surface area contributed by atoms with Crippen LogP contribution in [0, 0.1) is 0 Å². The van der Waals surface area contributed by atoms with E-state index in [4.69, 9.17) is 4.74 Å². The summed E-state index contributed by atoms with van der Waals surface area (Å²) < 4.78 is 5.58. The molecule has 0 saturated heterocycles. The van der Waals surface area contributed by atoms with Crippen LogP contribution in [0.1, 0.15) is 26.3 Å². The van der Waals surface area contributed by atoms with Gasteiger partial charge in [0.05, 0.1) is 0 Å². The van der Waals surface area contributed by atoms with E-state index in [0.717, 1.165) is 5.56 Å². The molecule has 1 nitrogen and oxygen atoms in total. The van der Waals surface area contributed by atoms with E-state index in [9.17, 15) is 0 Å². The maximum Gasteiger partial charge on any atom is 0.112 e. The van der Waals surface area contributed by atoms with Crippen LogP contribution in [0.25, 0.3) is 6.08 Å². The lowest BCUT2D eigenvalue weighted by molar-refractivity contribution is 0.0611. The Bertz CT molecular complexity index is 341. The van der Waals surface area contributed by atoms with Crippen molar-refractivity contribution >= 4 is 6.08 Å². The highest BCUT2D eigenvalue weighted by molar-refractivity contribution is 5.51. The van der Waals surface area contributed by atoms with Crippen LogP contribution in [0.2, 0.25) is 0 Å². The molecule has 0 radical (unpaired) electrons. The molecule has 0 aliphatic rings. The molecule has 0 N–H and O–H groups in total. The van der Waals surface area contributed by atoms with Crippen molar-refractivity contribution < 1.29 is 4.74 Å². The van der Waals surface area contributed by atoms with Crippen LogP contribution in [0.3, 0.4) is 0 Å². The zero-order valence-electron chi connectivity index (χ0n) is 9.66. The highest BCUT2D eigenvalue weighted by Gasteiger charge is 2.10. The first-order valence-corrected chi connectivity index (χ1v) is 5.08. The second-order valence-corrected chi connectivity index (χ2v) is 4.42. The van der Waals surface area contributed by atoms with Gasteiger partial charge in [0, 0.05) is 0 Å². The number of allylic oxidation sites excluding steroid dienone is 1. The van der Waals surface area contributed by atoms with E-state index in [2.05, 4.69) is 6.58 Å². The van der Waals surface area contributed by atoms with Crippen molar-refractivity contribution in [2.24, 2.45) is 0 Å². The molecule has 0 atom stereocenters. The van der Waals surface area contributed by atoms with Crippen LogP contribution < -0.4 is 0 Å². The Kier molecular flexibility index (Phi) is 3.73. The summed E-state index contributed by atoms with van der Waals surface area (Å²) in [6.45, 7) is 9.87. The largest absolute Gasteiger partial charge is 0.489 e. The van der Waals surface area contributed by atoms with Crippen molar-refractivity contribution in [2.75, 3.05) is 0 Å². The van der Waals surface area contributed by atoms with E-state index in [0.29, 0.717) is 5.76 Å². The minimum absolute atomic E-state index is 0.182. The van der Waals surface area contributed by atoms with Gasteiger partial charge >= 0.3 is 0 Å². The van der Waals surface area contributed by atoms with Crippen LogP contribution in [0.4, 0.5) is 0 Å². The second-order valence-electron chi connectivity index (χ2n) is 4.42. The van der Waals surface area contributed by atoms with Gasteiger partial charge in [-0.15, -0.1) is 0 Å². The Morgan fingerprint density at radius 1 is 1.20 bits per heavy atom. The first kappa shape index (κ1) is 11.6. The third-order valence-electron chi connectivity index (χ3n) is 1.70. The SMILES string of the molecule is C=C(C=Cc1ccccc1)OC(C)(C)C. The van der Waals surface area contributed by atoms with Gasteiger partial charge in [-0.25, -0.2) is 0 Å². The molecule has 80 valence electrons. The predicted octanol–water partition coefficient (Wildman–Crippen LogP) is 4.03. The lowest BCUT2D eigenvalue weighted by Crippen LogP contribution is -2.17. The summed E-state index contributed by atoms with van der Waals surface area (Å²) in [4.78, 5) is 0. The average Bonchev–Trinajstić information content (AvgIpc) is 2.14. The zero-order chi connectivity index (χ0) is 11.3. The molecule has 0 unspecified atom stereocenters. The van der Waals surface area contributed by atoms with E-state index < -0.39 is 0 Å². The Balaban J connectivity index is 2.56. The molecule has 15 heavy (non-hydrogen) atoms. The molecule has 0 saturated carbocycles. The van der Waals surface area contributed by atoms with Crippen molar-refractivity contribution in [3.63, 3.8) is 0 Å². The molecule has 0 aliphatic carbocycles. The average molecular weight is 202 g/mol. The number of ether oxygens (including phenoxy) is 1. The fourth-order valence-electron chi connectivity index (χ4n) is 1.18. The smallest absolute Gasteiger partial charge is 0.112 e. The molecule has 1 aromatic carbocycles. The standard InChI is InChI=1S/C14H18O/c1-12(15-14(2,3)4)10-11-13-8-6-5-7-9-13/h5-11H,1H2,2-4H3. The Morgan fingerprint density at radius 2 is 1.80 bits per heavy atom. The van der Waals surface area contributed by atoms with Gasteiger partial charge in [0.2, 0.25) is 0 Å². The van der Waals surface area contributed by atoms with E-state index in [1.807, 2.05) is 63.3 Å². The van der Waals surface area contributed by atoms with Gasteiger partial charge < -0.3 is 4.74 Å². The van der Waals surface area contributed by atoms with E-state index >= 15 is 0 Å². The van der Waals surface area contributed by atoms with Crippen LogP contribution in [-0.4, -0.2) is 5.60 Å². The number of benzene rings is 1. The quantitative estimate of drug-likeness (QED) is 0.531. The normalized spacial score (nSPS) is 11.7. The first-order valence-electron chi connectivity index (χ1n) is 5.08. The van der Waals surface area contributed by atoms with Crippen molar-refractivity contribution in [1.29, 1.82) is 0 Å². The van der Waals surface area contributed by atoms with Crippen molar-refractivity contribution in [3.8, 4) is 0 Å². The van der Waals surface area contributed by atoms with Crippen LogP contribution in [0.15, 0.2) is 48.7 Å². The lowest BCUT2D eigenvalue weighted by atomic mass is 10.2. The van der Waals surface area contributed by atoms with Crippen LogP contribution in [0.5, 0.6) is 0 Å². The first-order chi connectivity index (χ1) is 6.97. The summed E-state index contributed by atoms with van der Waals surface area (Å²) >= 11 is 0. The van der Waals surface area contributed by atoms with Crippen LogP contribution >= 0.6 is 0 Å². The minimum Gasteiger partial charge on any atom is -0.489 e. The molecule has 1 heteroatoms. The third-order valence-corrected chi connectivity index (χ3v) is 1.70. The Hall–Kier alpha value is -1.50. The molecular formula is C14H18O. The molecule has 0 spiro atoms. The molecule has 1 aromatic rings. The van der Waals surface area contributed by atoms with Crippen LogP contribution in [-0.2, 0) is 4.74 Å². The Labute approximate surface area is 92.1 Å². The van der Waals surface area contributed by atoms with Gasteiger partial charge in [0.25, 0.3) is 0 Å². The van der Waals surface area contributed by atoms with Crippen molar-refractivity contribution in [2.45, 2.75) is 26.4 Å². The molecule has 0 heterocycles. The van der Waals surface area contributed by atoms with E-state index in [1.54, 1.807) is 0 Å².